The minimum Gasteiger partial charge on any atom is -0.352 e. The van der Waals surface area contributed by atoms with Crippen LogP contribution in [-0.4, -0.2) is 12.5 Å². The summed E-state index contributed by atoms with van der Waals surface area (Å²) in [6.45, 7) is 1.33. The highest BCUT2D eigenvalue weighted by molar-refractivity contribution is 9.10. The van der Waals surface area contributed by atoms with Gasteiger partial charge >= 0.3 is 0 Å². The van der Waals surface area contributed by atoms with Crippen LogP contribution in [0.5, 0.6) is 0 Å². The Labute approximate surface area is 117 Å². The predicted molar refractivity (Wildman–Crippen MR) is 78.1 cm³/mol. The molecule has 0 fully saturated rings. The number of hydrogen-bond acceptors (Lipinski definition) is 2. The number of unbranched alkanes of at least 4 members (excludes halogenated alkanes) is 3. The fraction of sp³-hybridized carbons (Fsp3) is 0.500. The summed E-state index contributed by atoms with van der Waals surface area (Å²) < 4.78 is 1.04. The van der Waals surface area contributed by atoms with Crippen LogP contribution in [0.25, 0.3) is 0 Å². The van der Waals surface area contributed by atoms with Gasteiger partial charge in [0.05, 0.1) is 0 Å². The Morgan fingerprint density at radius 3 is 2.61 bits per heavy atom. The van der Waals surface area contributed by atoms with Crippen molar-refractivity contribution in [3.8, 4) is 0 Å². The maximum absolute atomic E-state index is 11.6. The molecule has 0 radical (unpaired) electrons. The van der Waals surface area contributed by atoms with Gasteiger partial charge in [-0.3, -0.25) is 4.79 Å². The normalized spacial score (nSPS) is 10.3. The number of benzene rings is 1. The molecule has 0 aromatic heterocycles. The number of nitrogens with two attached hydrogens (primary N) is 1. The molecule has 18 heavy (non-hydrogen) atoms. The lowest BCUT2D eigenvalue weighted by molar-refractivity contribution is -0.121. The van der Waals surface area contributed by atoms with Gasteiger partial charge in [0.2, 0.25) is 5.91 Å². The zero-order valence-electron chi connectivity index (χ0n) is 10.6. The summed E-state index contributed by atoms with van der Waals surface area (Å²) in [7, 11) is 0. The molecule has 0 aliphatic heterocycles. The van der Waals surface area contributed by atoms with E-state index in [1.807, 2.05) is 24.3 Å². The van der Waals surface area contributed by atoms with E-state index in [0.717, 1.165) is 42.3 Å². The topological polar surface area (TPSA) is 55.1 Å². The summed E-state index contributed by atoms with van der Waals surface area (Å²) in [4.78, 5) is 11.6. The number of halogens is 1. The smallest absolute Gasteiger partial charge is 0.220 e. The lowest BCUT2D eigenvalue weighted by Gasteiger charge is -2.07. The molecular formula is C14H21BrN2O. The van der Waals surface area contributed by atoms with Crippen molar-refractivity contribution in [3.63, 3.8) is 0 Å². The molecule has 0 saturated heterocycles. The number of hydrogen-bond donors (Lipinski definition) is 2. The molecule has 1 aromatic carbocycles. The van der Waals surface area contributed by atoms with Gasteiger partial charge in [0.25, 0.3) is 0 Å². The van der Waals surface area contributed by atoms with E-state index >= 15 is 0 Å². The van der Waals surface area contributed by atoms with Crippen molar-refractivity contribution in [1.29, 1.82) is 0 Å². The molecule has 0 atom stereocenters. The molecule has 1 amide bonds. The van der Waals surface area contributed by atoms with Gasteiger partial charge in [-0.1, -0.05) is 47.0 Å². The highest BCUT2D eigenvalue weighted by atomic mass is 79.9. The van der Waals surface area contributed by atoms with E-state index in [0.29, 0.717) is 13.0 Å². The van der Waals surface area contributed by atoms with Crippen molar-refractivity contribution >= 4 is 21.8 Å². The average Bonchev–Trinajstić information content (AvgIpc) is 2.37. The highest BCUT2D eigenvalue weighted by Gasteiger charge is 2.03. The third-order valence-electron chi connectivity index (χ3n) is 2.79. The Bertz CT molecular complexity index is 369. The molecule has 4 heteroatoms. The maximum atomic E-state index is 11.6. The first-order chi connectivity index (χ1) is 8.74. The van der Waals surface area contributed by atoms with Gasteiger partial charge in [0, 0.05) is 17.4 Å². The van der Waals surface area contributed by atoms with E-state index in [2.05, 4.69) is 21.2 Å². The number of carbonyl (C=O) groups is 1. The van der Waals surface area contributed by atoms with Crippen molar-refractivity contribution in [3.05, 3.63) is 34.3 Å². The van der Waals surface area contributed by atoms with Crippen LogP contribution in [0.15, 0.2) is 28.7 Å². The Balaban J connectivity index is 2.15. The Hall–Kier alpha value is -0.870. The standard InChI is InChI=1S/C14H21BrN2O/c15-13-8-5-4-7-12(13)11-17-14(18)9-3-1-2-6-10-16/h4-5,7-8H,1-3,6,9-11,16H2,(H,17,18). The van der Waals surface area contributed by atoms with E-state index in [-0.39, 0.29) is 5.91 Å². The van der Waals surface area contributed by atoms with Crippen LogP contribution in [0.4, 0.5) is 0 Å². The minimum atomic E-state index is 0.124. The Morgan fingerprint density at radius 2 is 1.89 bits per heavy atom. The van der Waals surface area contributed by atoms with Crippen molar-refractivity contribution in [2.75, 3.05) is 6.54 Å². The summed E-state index contributed by atoms with van der Waals surface area (Å²) in [5.74, 6) is 0.124. The summed E-state index contributed by atoms with van der Waals surface area (Å²) >= 11 is 3.46. The van der Waals surface area contributed by atoms with Crippen molar-refractivity contribution < 1.29 is 4.79 Å². The Kier molecular flexibility index (Phi) is 7.69. The van der Waals surface area contributed by atoms with Gasteiger partial charge in [-0.05, 0) is 31.0 Å². The average molecular weight is 313 g/mol. The van der Waals surface area contributed by atoms with Crippen LogP contribution in [0, 0.1) is 0 Å². The van der Waals surface area contributed by atoms with Crippen LogP contribution in [0.2, 0.25) is 0 Å². The molecule has 0 spiro atoms. The first-order valence-corrected chi connectivity index (χ1v) is 7.23. The molecule has 0 aliphatic rings. The molecule has 3 N–H and O–H groups in total. The summed E-state index contributed by atoms with van der Waals surface area (Å²) in [6.07, 6.45) is 4.81. The minimum absolute atomic E-state index is 0.124. The van der Waals surface area contributed by atoms with Crippen molar-refractivity contribution in [1.82, 2.24) is 5.32 Å². The van der Waals surface area contributed by atoms with E-state index in [1.54, 1.807) is 0 Å². The summed E-state index contributed by atoms with van der Waals surface area (Å²) in [6, 6.07) is 7.92. The van der Waals surface area contributed by atoms with Gasteiger partial charge < -0.3 is 11.1 Å². The number of carbonyl (C=O) groups excluding carboxylic acids is 1. The maximum Gasteiger partial charge on any atom is 0.220 e. The van der Waals surface area contributed by atoms with Crippen LogP contribution >= 0.6 is 15.9 Å². The highest BCUT2D eigenvalue weighted by Crippen LogP contribution is 2.15. The number of nitrogens with one attached hydrogen (secondary N) is 1. The van der Waals surface area contributed by atoms with Crippen molar-refractivity contribution in [2.45, 2.75) is 38.6 Å². The van der Waals surface area contributed by atoms with Crippen LogP contribution in [0.1, 0.15) is 37.7 Å². The summed E-state index contributed by atoms with van der Waals surface area (Å²) in [5, 5.41) is 2.94. The molecule has 0 saturated carbocycles. The SMILES string of the molecule is NCCCCCCC(=O)NCc1ccccc1Br. The Morgan fingerprint density at radius 1 is 1.17 bits per heavy atom. The second kappa shape index (κ2) is 9.11. The van der Waals surface area contributed by atoms with E-state index in [1.165, 1.54) is 0 Å². The monoisotopic (exact) mass is 312 g/mol. The largest absolute Gasteiger partial charge is 0.352 e. The van der Waals surface area contributed by atoms with Gasteiger partial charge in [0.1, 0.15) is 0 Å². The molecule has 1 rings (SSSR count). The molecule has 0 bridgehead atoms. The zero-order chi connectivity index (χ0) is 13.2. The zero-order valence-corrected chi connectivity index (χ0v) is 12.2. The molecule has 0 unspecified atom stereocenters. The second-order valence-corrected chi connectivity index (χ2v) is 5.18. The number of amides is 1. The third kappa shape index (κ3) is 6.17. The fourth-order valence-electron chi connectivity index (χ4n) is 1.71. The quantitative estimate of drug-likeness (QED) is 0.725. The predicted octanol–water partition coefficient (Wildman–Crippen LogP) is 2.97. The van der Waals surface area contributed by atoms with Crippen LogP contribution in [-0.2, 0) is 11.3 Å². The fourth-order valence-corrected chi connectivity index (χ4v) is 2.13. The molecule has 1 aromatic rings. The lowest BCUT2D eigenvalue weighted by atomic mass is 10.1. The first-order valence-electron chi connectivity index (χ1n) is 6.44. The lowest BCUT2D eigenvalue weighted by Crippen LogP contribution is -2.22. The molecule has 0 aliphatic carbocycles. The van der Waals surface area contributed by atoms with E-state index in [9.17, 15) is 4.79 Å². The first kappa shape index (κ1) is 15.2. The van der Waals surface area contributed by atoms with Crippen molar-refractivity contribution in [2.24, 2.45) is 5.73 Å². The van der Waals surface area contributed by atoms with Gasteiger partial charge in [-0.15, -0.1) is 0 Å². The molecular weight excluding hydrogens is 292 g/mol. The molecule has 100 valence electrons. The summed E-state index contributed by atoms with van der Waals surface area (Å²) in [5.41, 5.74) is 6.52. The van der Waals surface area contributed by atoms with E-state index < -0.39 is 0 Å². The van der Waals surface area contributed by atoms with Gasteiger partial charge in [-0.2, -0.15) is 0 Å². The number of rotatable bonds is 8. The van der Waals surface area contributed by atoms with Gasteiger partial charge in [-0.25, -0.2) is 0 Å². The molecule has 0 heterocycles. The second-order valence-electron chi connectivity index (χ2n) is 4.32. The molecule has 3 nitrogen and oxygen atoms in total. The third-order valence-corrected chi connectivity index (χ3v) is 3.57. The van der Waals surface area contributed by atoms with Crippen LogP contribution < -0.4 is 11.1 Å². The van der Waals surface area contributed by atoms with Crippen LogP contribution in [0.3, 0.4) is 0 Å². The van der Waals surface area contributed by atoms with E-state index in [4.69, 9.17) is 5.73 Å². The van der Waals surface area contributed by atoms with Gasteiger partial charge in [0.15, 0.2) is 0 Å².